The van der Waals surface area contributed by atoms with Crippen LogP contribution >= 0.6 is 0 Å². The average molecular weight is 360 g/mol. The maximum Gasteiger partial charge on any atom is 0.193 e. The first kappa shape index (κ1) is 21.3. The number of nitrogens with one attached hydrogen (secondary N) is 1. The summed E-state index contributed by atoms with van der Waals surface area (Å²) in [4.78, 5) is 6.93. The van der Waals surface area contributed by atoms with Crippen molar-refractivity contribution in [3.05, 3.63) is 0 Å². The molecule has 0 amide bonds. The number of guanidine groups is 1. The van der Waals surface area contributed by atoms with Crippen molar-refractivity contribution in [3.63, 3.8) is 0 Å². The number of aliphatic imine (C=N–C) groups is 1. The molecule has 1 fully saturated rings. The van der Waals surface area contributed by atoms with E-state index in [1.165, 1.54) is 25.7 Å². The summed E-state index contributed by atoms with van der Waals surface area (Å²) in [5.74, 6) is 0.967. The highest BCUT2D eigenvalue weighted by Gasteiger charge is 2.32. The molecule has 24 heavy (non-hydrogen) atoms. The number of likely N-dealkylation sites (tertiary alicyclic amines) is 1. The second kappa shape index (κ2) is 8.54. The summed E-state index contributed by atoms with van der Waals surface area (Å²) in [5, 5.41) is 3.34. The molecular weight excluding hydrogens is 322 g/mol. The van der Waals surface area contributed by atoms with Gasteiger partial charge in [0.2, 0.25) is 0 Å². The number of rotatable bonds is 6. The Morgan fingerprint density at radius 1 is 1.29 bits per heavy atom. The van der Waals surface area contributed by atoms with E-state index in [1.807, 2.05) is 0 Å². The predicted molar refractivity (Wildman–Crippen MR) is 103 cm³/mol. The van der Waals surface area contributed by atoms with Crippen molar-refractivity contribution in [1.29, 1.82) is 0 Å². The van der Waals surface area contributed by atoms with Crippen LogP contribution in [-0.2, 0) is 9.84 Å². The summed E-state index contributed by atoms with van der Waals surface area (Å²) < 4.78 is 23.8. The summed E-state index contributed by atoms with van der Waals surface area (Å²) >= 11 is 0. The topological polar surface area (TPSA) is 61.8 Å². The molecule has 142 valence electrons. The zero-order valence-electron chi connectivity index (χ0n) is 16.5. The Morgan fingerprint density at radius 2 is 1.96 bits per heavy atom. The summed E-state index contributed by atoms with van der Waals surface area (Å²) in [6, 6.07) is 0. The van der Waals surface area contributed by atoms with Crippen LogP contribution in [0.3, 0.4) is 0 Å². The minimum atomic E-state index is -3.12. The van der Waals surface area contributed by atoms with E-state index >= 15 is 0 Å². The van der Waals surface area contributed by atoms with Gasteiger partial charge < -0.3 is 10.2 Å². The molecule has 0 saturated carbocycles. The Balaban J connectivity index is 2.79. The lowest BCUT2D eigenvalue weighted by molar-refractivity contribution is 0.142. The number of hydrogen-bond acceptors (Lipinski definition) is 3. The molecule has 1 aliphatic rings. The maximum atomic E-state index is 12.3. The SMILES string of the molecule is CCCC1(C)CCCN(C(=NCCS(=O)(=O)C(C)(C)C)NCC)C1. The van der Waals surface area contributed by atoms with Crippen LogP contribution in [0.1, 0.15) is 67.2 Å². The third kappa shape index (κ3) is 5.94. The lowest BCUT2D eigenvalue weighted by Crippen LogP contribution is -2.50. The molecule has 0 aromatic rings. The fraction of sp³-hybridized carbons (Fsp3) is 0.944. The third-order valence-electron chi connectivity index (χ3n) is 4.82. The minimum Gasteiger partial charge on any atom is -0.357 e. The van der Waals surface area contributed by atoms with Crippen molar-refractivity contribution in [3.8, 4) is 0 Å². The van der Waals surface area contributed by atoms with Gasteiger partial charge >= 0.3 is 0 Å². The lowest BCUT2D eigenvalue weighted by Gasteiger charge is -2.42. The highest BCUT2D eigenvalue weighted by molar-refractivity contribution is 7.92. The van der Waals surface area contributed by atoms with Crippen LogP contribution in [0.15, 0.2) is 4.99 Å². The van der Waals surface area contributed by atoms with Gasteiger partial charge in [-0.25, -0.2) is 8.42 Å². The van der Waals surface area contributed by atoms with E-state index in [2.05, 4.69) is 36.0 Å². The first-order chi connectivity index (χ1) is 11.0. The fourth-order valence-corrected chi connectivity index (χ4v) is 4.25. The van der Waals surface area contributed by atoms with E-state index < -0.39 is 14.6 Å². The predicted octanol–water partition coefficient (Wildman–Crippen LogP) is 3.07. The largest absolute Gasteiger partial charge is 0.357 e. The van der Waals surface area contributed by atoms with E-state index in [0.717, 1.165) is 25.6 Å². The average Bonchev–Trinajstić information content (AvgIpc) is 2.45. The molecule has 0 aromatic heterocycles. The number of sulfone groups is 1. The van der Waals surface area contributed by atoms with Crippen LogP contribution in [0.25, 0.3) is 0 Å². The molecule has 0 aromatic carbocycles. The summed E-state index contributed by atoms with van der Waals surface area (Å²) in [7, 11) is -3.12. The molecule has 1 atom stereocenters. The molecule has 0 radical (unpaired) electrons. The normalized spacial score (nSPS) is 23.4. The molecule has 1 rings (SSSR count). The van der Waals surface area contributed by atoms with Gasteiger partial charge in [0, 0.05) is 19.6 Å². The van der Waals surface area contributed by atoms with Crippen LogP contribution in [0.5, 0.6) is 0 Å². The highest BCUT2D eigenvalue weighted by Crippen LogP contribution is 2.33. The van der Waals surface area contributed by atoms with E-state index in [4.69, 9.17) is 0 Å². The molecule has 1 saturated heterocycles. The molecule has 1 heterocycles. The zero-order chi connectivity index (χ0) is 18.4. The van der Waals surface area contributed by atoms with E-state index in [1.54, 1.807) is 20.8 Å². The Bertz CT molecular complexity index is 519. The van der Waals surface area contributed by atoms with Gasteiger partial charge in [-0.15, -0.1) is 0 Å². The highest BCUT2D eigenvalue weighted by atomic mass is 32.2. The van der Waals surface area contributed by atoms with Crippen molar-refractivity contribution < 1.29 is 8.42 Å². The van der Waals surface area contributed by atoms with Crippen LogP contribution < -0.4 is 5.32 Å². The molecule has 0 spiro atoms. The molecule has 1 N–H and O–H groups in total. The minimum absolute atomic E-state index is 0.103. The van der Waals surface area contributed by atoms with E-state index in [-0.39, 0.29) is 5.75 Å². The third-order valence-corrected chi connectivity index (χ3v) is 7.41. The van der Waals surface area contributed by atoms with Gasteiger partial charge in [0.25, 0.3) is 0 Å². The quantitative estimate of drug-likeness (QED) is 0.585. The Hall–Kier alpha value is -0.780. The number of hydrogen-bond donors (Lipinski definition) is 1. The number of nitrogens with zero attached hydrogens (tertiary/aromatic N) is 2. The van der Waals surface area contributed by atoms with Crippen molar-refractivity contribution in [1.82, 2.24) is 10.2 Å². The van der Waals surface area contributed by atoms with Gasteiger partial charge in [-0.2, -0.15) is 0 Å². The van der Waals surface area contributed by atoms with Crippen LogP contribution in [0.4, 0.5) is 0 Å². The van der Waals surface area contributed by atoms with Crippen molar-refractivity contribution in [2.75, 3.05) is 31.9 Å². The van der Waals surface area contributed by atoms with Gasteiger partial charge in [0.05, 0.1) is 17.0 Å². The van der Waals surface area contributed by atoms with Crippen molar-refractivity contribution >= 4 is 15.8 Å². The fourth-order valence-electron chi connectivity index (χ4n) is 3.31. The maximum absolute atomic E-state index is 12.3. The first-order valence-electron chi connectivity index (χ1n) is 9.30. The van der Waals surface area contributed by atoms with Gasteiger partial charge in [0.15, 0.2) is 15.8 Å². The van der Waals surface area contributed by atoms with Crippen molar-refractivity contribution in [2.45, 2.75) is 72.0 Å². The molecule has 1 unspecified atom stereocenters. The molecule has 6 heteroatoms. The Morgan fingerprint density at radius 3 is 2.50 bits per heavy atom. The molecule has 0 bridgehead atoms. The Kier molecular flexibility index (Phi) is 7.57. The molecular formula is C18H37N3O2S. The smallest absolute Gasteiger partial charge is 0.193 e. The molecule has 5 nitrogen and oxygen atoms in total. The van der Waals surface area contributed by atoms with Gasteiger partial charge in [-0.3, -0.25) is 4.99 Å². The van der Waals surface area contributed by atoms with Crippen molar-refractivity contribution in [2.24, 2.45) is 10.4 Å². The van der Waals surface area contributed by atoms with Crippen LogP contribution in [0.2, 0.25) is 0 Å². The van der Waals surface area contributed by atoms with E-state index in [9.17, 15) is 8.42 Å². The van der Waals surface area contributed by atoms with Gasteiger partial charge in [-0.05, 0) is 52.4 Å². The van der Waals surface area contributed by atoms with Gasteiger partial charge in [0.1, 0.15) is 0 Å². The second-order valence-electron chi connectivity index (χ2n) is 8.25. The number of piperidine rings is 1. The molecule has 0 aliphatic carbocycles. The standard InChI is InChI=1S/C18H37N3O2S/c1-7-10-18(6)11-9-13-21(15-18)16(19-8-2)20-12-14-24(22,23)17(3,4)5/h7-15H2,1-6H3,(H,19,20). The second-order valence-corrected chi connectivity index (χ2v) is 11.1. The first-order valence-corrected chi connectivity index (χ1v) is 11.0. The van der Waals surface area contributed by atoms with E-state index in [0.29, 0.717) is 12.0 Å². The monoisotopic (exact) mass is 359 g/mol. The Labute approximate surface area is 149 Å². The zero-order valence-corrected chi connectivity index (χ0v) is 17.3. The van der Waals surface area contributed by atoms with Crippen LogP contribution in [0, 0.1) is 5.41 Å². The molecule has 1 aliphatic heterocycles. The summed E-state index contributed by atoms with van der Waals surface area (Å²) in [5.41, 5.74) is 0.334. The van der Waals surface area contributed by atoms with Gasteiger partial charge in [-0.1, -0.05) is 20.3 Å². The van der Waals surface area contributed by atoms with Crippen LogP contribution in [-0.4, -0.2) is 56.0 Å². The summed E-state index contributed by atoms with van der Waals surface area (Å²) in [6.07, 6.45) is 4.85. The summed E-state index contributed by atoms with van der Waals surface area (Å²) in [6.45, 7) is 15.0. The lowest BCUT2D eigenvalue weighted by atomic mass is 9.78.